The molecule has 0 radical (unpaired) electrons. The zero-order valence-corrected chi connectivity index (χ0v) is 24.5. The molecule has 0 bridgehead atoms. The molecule has 11 nitrogen and oxygen atoms in total. The average Bonchev–Trinajstić information content (AvgIpc) is 3.26. The molecule has 1 rings (SSSR count). The maximum Gasteiger partial charge on any atom is 0.500 e. The van der Waals surface area contributed by atoms with Gasteiger partial charge in [-0.05, 0) is 33.6 Å². The highest BCUT2D eigenvalue weighted by Crippen LogP contribution is 2.21. The Bertz CT molecular complexity index is 685. The fourth-order valence-electron chi connectivity index (χ4n) is 3.36. The van der Waals surface area contributed by atoms with E-state index in [1.54, 1.807) is 21.3 Å². The molecule has 1 aromatic rings. The van der Waals surface area contributed by atoms with Crippen LogP contribution in [0.3, 0.4) is 0 Å². The van der Waals surface area contributed by atoms with E-state index < -0.39 is 17.6 Å². The smallest absolute Gasteiger partial charge is 0.377 e. The number of amides is 1. The number of thioether (sulfide) groups is 1. The lowest BCUT2D eigenvalue weighted by Crippen LogP contribution is -2.46. The fraction of sp³-hybridized carbons (Fsp3) is 0.850. The molecule has 14 heteroatoms. The number of rotatable bonds is 19. The fourth-order valence-corrected chi connectivity index (χ4v) is 8.73. The van der Waals surface area contributed by atoms with Gasteiger partial charge in [0.15, 0.2) is 0 Å². The molecule has 0 unspecified atom stereocenters. The van der Waals surface area contributed by atoms with Crippen LogP contribution in [0.25, 0.3) is 0 Å². The summed E-state index contributed by atoms with van der Waals surface area (Å²) < 4.78 is 35.3. The zero-order chi connectivity index (χ0) is 25.5. The molecule has 0 aliphatic rings. The topological polar surface area (TPSA) is 115 Å². The molecule has 198 valence electrons. The van der Waals surface area contributed by atoms with E-state index in [9.17, 15) is 4.79 Å². The molecule has 0 aliphatic carbocycles. The second kappa shape index (κ2) is 16.8. The monoisotopic (exact) mass is 538 g/mol. The normalized spacial score (nSPS) is 12.3. The molecule has 0 spiro atoms. The van der Waals surface area contributed by atoms with E-state index in [0.29, 0.717) is 62.3 Å². The van der Waals surface area contributed by atoms with E-state index in [0.717, 1.165) is 12.2 Å². The van der Waals surface area contributed by atoms with Crippen molar-refractivity contribution < 1.29 is 31.4 Å². The Labute approximate surface area is 210 Å². The zero-order valence-electron chi connectivity index (χ0n) is 21.7. The first-order valence-electron chi connectivity index (χ1n) is 11.8. The Balaban J connectivity index is 2.60. The number of carbonyl (C=O) groups is 1. The van der Waals surface area contributed by atoms with Gasteiger partial charge in [-0.15, -0.1) is 5.10 Å². The second-order valence-electron chi connectivity index (χ2n) is 7.14. The van der Waals surface area contributed by atoms with E-state index >= 15 is 0 Å². The molecule has 0 fully saturated rings. The number of nitrogens with zero attached hydrogens (tertiary/aromatic N) is 3. The van der Waals surface area contributed by atoms with Gasteiger partial charge in [-0.3, -0.25) is 0 Å². The van der Waals surface area contributed by atoms with Gasteiger partial charge in [-0.25, -0.2) is 9.78 Å². The van der Waals surface area contributed by atoms with Crippen molar-refractivity contribution in [2.24, 2.45) is 0 Å². The molecule has 34 heavy (non-hydrogen) atoms. The lowest BCUT2D eigenvalue weighted by atomic mass is 10.4. The van der Waals surface area contributed by atoms with Crippen LogP contribution >= 0.6 is 11.8 Å². The summed E-state index contributed by atoms with van der Waals surface area (Å²) in [6.07, 6.45) is 2.10. The summed E-state index contributed by atoms with van der Waals surface area (Å²) in [5.41, 5.74) is 0. The van der Waals surface area contributed by atoms with Gasteiger partial charge >= 0.3 is 23.6 Å². The van der Waals surface area contributed by atoms with Crippen LogP contribution < -0.4 is 5.32 Å². The third-order valence-corrected chi connectivity index (χ3v) is 11.9. The van der Waals surface area contributed by atoms with E-state index in [4.69, 9.17) is 26.6 Å². The molecule has 1 aromatic heterocycles. The lowest BCUT2D eigenvalue weighted by Gasteiger charge is -2.28. The minimum Gasteiger partial charge on any atom is -0.377 e. The highest BCUT2D eigenvalue weighted by atomic mass is 32.2. The van der Waals surface area contributed by atoms with Crippen LogP contribution in [0.4, 0.5) is 4.79 Å². The summed E-state index contributed by atoms with van der Waals surface area (Å²) in [4.78, 5) is 17.2. The first-order valence-corrected chi connectivity index (χ1v) is 16.7. The van der Waals surface area contributed by atoms with Crippen molar-refractivity contribution in [3.05, 3.63) is 5.82 Å². The summed E-state index contributed by atoms with van der Waals surface area (Å²) in [6, 6.07) is 1.04. The summed E-state index contributed by atoms with van der Waals surface area (Å²) in [5.74, 6) is 1.38. The molecule has 0 atom stereocenters. The Morgan fingerprint density at radius 3 is 1.97 bits per heavy atom. The lowest BCUT2D eigenvalue weighted by molar-refractivity contribution is 0.0708. The van der Waals surface area contributed by atoms with Crippen LogP contribution in [-0.2, 0) is 33.0 Å². The molecule has 1 heterocycles. The van der Waals surface area contributed by atoms with Crippen LogP contribution in [0.15, 0.2) is 5.16 Å². The highest BCUT2D eigenvalue weighted by Gasteiger charge is 2.39. The summed E-state index contributed by atoms with van der Waals surface area (Å²) in [5, 5.41) is 7.89. The molecule has 0 aromatic carbocycles. The number of hydrogen-bond donors (Lipinski definition) is 1. The Hall–Kier alpha value is -0.846. The number of aryl methyl sites for hydroxylation is 1. The van der Waals surface area contributed by atoms with Gasteiger partial charge in [0, 0.05) is 72.0 Å². The summed E-state index contributed by atoms with van der Waals surface area (Å²) >= 11 is 1.50. The third-order valence-electron chi connectivity index (χ3n) is 4.98. The molecule has 0 saturated carbocycles. The maximum absolute atomic E-state index is 12.7. The van der Waals surface area contributed by atoms with Crippen LogP contribution in [0.1, 0.15) is 46.4 Å². The van der Waals surface area contributed by atoms with Crippen molar-refractivity contribution in [1.82, 2.24) is 20.1 Å². The quantitative estimate of drug-likeness (QED) is 0.160. The predicted octanol–water partition coefficient (Wildman–Crippen LogP) is 3.20. The maximum atomic E-state index is 12.7. The molecule has 0 saturated heterocycles. The largest absolute Gasteiger partial charge is 0.500 e. The van der Waals surface area contributed by atoms with Crippen molar-refractivity contribution in [3.8, 4) is 0 Å². The summed E-state index contributed by atoms with van der Waals surface area (Å²) in [7, 11) is -0.480. The average molecular weight is 539 g/mol. The van der Waals surface area contributed by atoms with Crippen LogP contribution in [0.5, 0.6) is 0 Å². The molecular weight excluding hydrogens is 496 g/mol. The second-order valence-corrected chi connectivity index (χ2v) is 14.0. The van der Waals surface area contributed by atoms with Gasteiger partial charge in [0.05, 0.1) is 0 Å². The van der Waals surface area contributed by atoms with Crippen LogP contribution in [0.2, 0.25) is 12.1 Å². The standard InChI is InChI=1S/C20H42N4O7SSi2/c1-8-18-22-19(32-15-13-17-33(26-5,27-6)28-7)23-24(18)20(25)21-14-12-16-34(29-9-2,30-10-3)31-11-4/h8-17H2,1-7H3,(H,21,25). The van der Waals surface area contributed by atoms with Gasteiger partial charge < -0.3 is 31.9 Å². The van der Waals surface area contributed by atoms with Gasteiger partial charge in [-0.2, -0.15) is 4.68 Å². The van der Waals surface area contributed by atoms with Crippen molar-refractivity contribution in [2.45, 2.75) is 64.2 Å². The number of aromatic nitrogens is 3. The molecular formula is C20H42N4O7SSi2. The third kappa shape index (κ3) is 9.66. The molecule has 1 amide bonds. The van der Waals surface area contributed by atoms with Gasteiger partial charge in [0.25, 0.3) is 0 Å². The van der Waals surface area contributed by atoms with Gasteiger partial charge in [0.1, 0.15) is 5.82 Å². The van der Waals surface area contributed by atoms with Gasteiger partial charge in [0.2, 0.25) is 5.16 Å². The predicted molar refractivity (Wildman–Crippen MR) is 135 cm³/mol. The van der Waals surface area contributed by atoms with E-state index in [-0.39, 0.29) is 6.03 Å². The molecule has 0 aliphatic heterocycles. The minimum atomic E-state index is -2.71. The first kappa shape index (κ1) is 31.2. The van der Waals surface area contributed by atoms with Crippen molar-refractivity contribution in [1.29, 1.82) is 0 Å². The number of hydrogen-bond acceptors (Lipinski definition) is 10. The number of carbonyl (C=O) groups excluding carboxylic acids is 1. The summed E-state index contributed by atoms with van der Waals surface area (Å²) in [6.45, 7) is 9.79. The van der Waals surface area contributed by atoms with Crippen molar-refractivity contribution >= 4 is 35.4 Å². The minimum absolute atomic E-state index is 0.294. The molecule has 1 N–H and O–H groups in total. The number of nitrogens with one attached hydrogen (secondary N) is 1. The van der Waals surface area contributed by atoms with Crippen LogP contribution in [-0.4, -0.2) is 91.9 Å². The Kier molecular flexibility index (Phi) is 15.4. The van der Waals surface area contributed by atoms with E-state index in [1.807, 2.05) is 27.7 Å². The van der Waals surface area contributed by atoms with Crippen molar-refractivity contribution in [2.75, 3.05) is 53.4 Å². The SMILES string of the molecule is CCO[Si](CCCNC(=O)n1nc(SCCC[Si](OC)(OC)OC)nc1CC)(OCC)OCC. The van der Waals surface area contributed by atoms with E-state index in [1.165, 1.54) is 16.4 Å². The Morgan fingerprint density at radius 2 is 1.47 bits per heavy atom. The van der Waals surface area contributed by atoms with Crippen LogP contribution in [0, 0.1) is 0 Å². The van der Waals surface area contributed by atoms with Crippen molar-refractivity contribution in [3.63, 3.8) is 0 Å². The first-order chi connectivity index (χ1) is 16.4. The Morgan fingerprint density at radius 1 is 0.912 bits per heavy atom. The van der Waals surface area contributed by atoms with E-state index in [2.05, 4.69) is 15.4 Å². The highest BCUT2D eigenvalue weighted by molar-refractivity contribution is 7.99. The van der Waals surface area contributed by atoms with Gasteiger partial charge in [-0.1, -0.05) is 18.7 Å².